The highest BCUT2D eigenvalue weighted by Gasteiger charge is 2.37. The van der Waals surface area contributed by atoms with Crippen LogP contribution in [0.25, 0.3) is 11.1 Å². The van der Waals surface area contributed by atoms with Gasteiger partial charge in [0.1, 0.15) is 11.6 Å². The SMILES string of the molecule is CN(C)C1CCN(c2cc(-c3ccc(S(=O)(=O)C4CC[C@@H](Nc5ccc(C(F)(F)F)cn5)[C@@H](O)C4)cc3)ccn2)CC1. The van der Waals surface area contributed by atoms with E-state index in [4.69, 9.17) is 0 Å². The second kappa shape index (κ2) is 12.2. The zero-order chi connectivity index (χ0) is 30.1. The Morgan fingerprint density at radius 2 is 1.67 bits per heavy atom. The van der Waals surface area contributed by atoms with Gasteiger partial charge in [-0.05, 0) is 93.7 Å². The lowest BCUT2D eigenvalue weighted by atomic mass is 9.92. The maximum Gasteiger partial charge on any atom is 0.417 e. The Balaban J connectivity index is 1.21. The van der Waals surface area contributed by atoms with E-state index in [9.17, 15) is 26.7 Å². The van der Waals surface area contributed by atoms with Gasteiger partial charge in [-0.25, -0.2) is 18.4 Å². The molecule has 0 spiro atoms. The molecule has 226 valence electrons. The number of sulfone groups is 1. The molecule has 3 heterocycles. The van der Waals surface area contributed by atoms with Crippen molar-refractivity contribution in [3.8, 4) is 11.1 Å². The molecular formula is C30H36F3N5O3S. The minimum atomic E-state index is -4.49. The summed E-state index contributed by atoms with van der Waals surface area (Å²) in [6, 6.07) is 12.9. The first kappa shape index (κ1) is 30.2. The minimum Gasteiger partial charge on any atom is -0.391 e. The van der Waals surface area contributed by atoms with Crippen LogP contribution in [0, 0.1) is 0 Å². The topological polar surface area (TPSA) is 98.7 Å². The van der Waals surface area contributed by atoms with E-state index in [2.05, 4.69) is 39.2 Å². The van der Waals surface area contributed by atoms with Gasteiger partial charge in [-0.3, -0.25) is 0 Å². The first-order chi connectivity index (χ1) is 19.9. The molecule has 8 nitrogen and oxygen atoms in total. The second-order valence-electron chi connectivity index (χ2n) is 11.3. The highest BCUT2D eigenvalue weighted by Crippen LogP contribution is 2.33. The first-order valence-electron chi connectivity index (χ1n) is 14.1. The van der Waals surface area contributed by atoms with E-state index in [0.29, 0.717) is 18.9 Å². The summed E-state index contributed by atoms with van der Waals surface area (Å²) in [5.41, 5.74) is 0.981. The quantitative estimate of drug-likeness (QED) is 0.395. The van der Waals surface area contributed by atoms with Crippen LogP contribution in [0.5, 0.6) is 0 Å². The summed E-state index contributed by atoms with van der Waals surface area (Å²) in [6.07, 6.45) is -0.180. The van der Waals surface area contributed by atoms with Crippen LogP contribution in [0.3, 0.4) is 0 Å². The van der Waals surface area contributed by atoms with Crippen molar-refractivity contribution in [3.05, 3.63) is 66.5 Å². The van der Waals surface area contributed by atoms with E-state index in [0.717, 1.165) is 55.1 Å². The molecule has 1 aromatic carbocycles. The summed E-state index contributed by atoms with van der Waals surface area (Å²) in [4.78, 5) is 13.1. The number of hydrogen-bond acceptors (Lipinski definition) is 8. The lowest BCUT2D eigenvalue weighted by Crippen LogP contribution is -2.43. The summed E-state index contributed by atoms with van der Waals surface area (Å²) in [7, 11) is 0.516. The average molecular weight is 604 g/mol. The van der Waals surface area contributed by atoms with Crippen molar-refractivity contribution in [2.45, 2.75) is 66.6 Å². The maximum atomic E-state index is 13.4. The molecule has 2 N–H and O–H groups in total. The van der Waals surface area contributed by atoms with Crippen molar-refractivity contribution in [2.75, 3.05) is 37.4 Å². The van der Waals surface area contributed by atoms with Crippen LogP contribution in [-0.4, -0.2) is 79.0 Å². The van der Waals surface area contributed by atoms with Crippen molar-refractivity contribution >= 4 is 21.5 Å². The van der Waals surface area contributed by atoms with E-state index in [1.165, 1.54) is 6.07 Å². The smallest absolute Gasteiger partial charge is 0.391 e. The van der Waals surface area contributed by atoms with Gasteiger partial charge < -0.3 is 20.2 Å². The second-order valence-corrected chi connectivity index (χ2v) is 13.6. The number of nitrogens with one attached hydrogen (secondary N) is 1. The number of benzene rings is 1. The van der Waals surface area contributed by atoms with Crippen LogP contribution in [-0.2, 0) is 16.0 Å². The van der Waals surface area contributed by atoms with Crippen LogP contribution in [0.4, 0.5) is 24.8 Å². The van der Waals surface area contributed by atoms with Crippen molar-refractivity contribution in [1.82, 2.24) is 14.9 Å². The fourth-order valence-electron chi connectivity index (χ4n) is 5.81. The minimum absolute atomic E-state index is 0.0145. The molecule has 1 saturated carbocycles. The molecule has 1 saturated heterocycles. The molecular weight excluding hydrogens is 567 g/mol. The van der Waals surface area contributed by atoms with Crippen molar-refractivity contribution in [1.29, 1.82) is 0 Å². The van der Waals surface area contributed by atoms with Crippen LogP contribution >= 0.6 is 0 Å². The monoisotopic (exact) mass is 603 g/mol. The Hall–Kier alpha value is -3.22. The molecule has 2 fully saturated rings. The Kier molecular flexibility index (Phi) is 8.77. The summed E-state index contributed by atoms with van der Waals surface area (Å²) in [5, 5.41) is 12.9. The predicted molar refractivity (Wildman–Crippen MR) is 156 cm³/mol. The first-order valence-corrected chi connectivity index (χ1v) is 15.7. The van der Waals surface area contributed by atoms with Crippen molar-refractivity contribution in [2.24, 2.45) is 0 Å². The number of piperidine rings is 1. The van der Waals surface area contributed by atoms with Gasteiger partial charge in [-0.15, -0.1) is 0 Å². The molecule has 42 heavy (non-hydrogen) atoms. The van der Waals surface area contributed by atoms with Gasteiger partial charge in [-0.2, -0.15) is 13.2 Å². The largest absolute Gasteiger partial charge is 0.417 e. The van der Waals surface area contributed by atoms with E-state index in [1.807, 2.05) is 12.1 Å². The Morgan fingerprint density at radius 1 is 0.952 bits per heavy atom. The fourth-order valence-corrected chi connectivity index (χ4v) is 7.61. The van der Waals surface area contributed by atoms with Crippen LogP contribution in [0.15, 0.2) is 65.8 Å². The summed E-state index contributed by atoms with van der Waals surface area (Å²) in [6.45, 7) is 1.86. The highest BCUT2D eigenvalue weighted by atomic mass is 32.2. The molecule has 0 radical (unpaired) electrons. The average Bonchev–Trinajstić information content (AvgIpc) is 2.98. The maximum absolute atomic E-state index is 13.4. The molecule has 12 heteroatoms. The lowest BCUT2D eigenvalue weighted by molar-refractivity contribution is -0.137. The third-order valence-corrected chi connectivity index (χ3v) is 10.6. The van der Waals surface area contributed by atoms with Crippen LogP contribution < -0.4 is 10.2 Å². The van der Waals surface area contributed by atoms with Gasteiger partial charge >= 0.3 is 6.18 Å². The summed E-state index contributed by atoms with van der Waals surface area (Å²) in [5.74, 6) is 1.11. The van der Waals surface area contributed by atoms with Gasteiger partial charge in [0, 0.05) is 31.5 Å². The third-order valence-electron chi connectivity index (χ3n) is 8.41. The van der Waals surface area contributed by atoms with Crippen molar-refractivity contribution < 1.29 is 26.7 Å². The predicted octanol–water partition coefficient (Wildman–Crippen LogP) is 4.86. The molecule has 2 aliphatic rings. The molecule has 0 amide bonds. The van der Waals surface area contributed by atoms with Gasteiger partial charge in [0.15, 0.2) is 9.84 Å². The lowest BCUT2D eigenvalue weighted by Gasteiger charge is -2.35. The zero-order valence-corrected chi connectivity index (χ0v) is 24.4. The van der Waals surface area contributed by atoms with E-state index in [-0.39, 0.29) is 17.1 Å². The number of aliphatic hydroxyl groups is 1. The van der Waals surface area contributed by atoms with Gasteiger partial charge in [0.05, 0.1) is 27.9 Å². The van der Waals surface area contributed by atoms with E-state index < -0.39 is 39.0 Å². The third kappa shape index (κ3) is 6.71. The van der Waals surface area contributed by atoms with Gasteiger partial charge in [-0.1, -0.05) is 12.1 Å². The standard InChI is InChI=1S/C30H36F3N5O3S/c1-37(2)23-12-15-38(16-13-23)29-17-21(11-14-34-29)20-3-6-24(7-4-20)42(40,41)25-8-9-26(27(39)18-25)36-28-10-5-22(19-35-28)30(31,32)33/h3-7,10-11,14,17,19,23,25-27,39H,8-9,12-13,15-16,18H2,1-2H3,(H,35,36)/t25?,26-,27+/m1/s1. The number of aromatic nitrogens is 2. The molecule has 5 rings (SSSR count). The summed E-state index contributed by atoms with van der Waals surface area (Å²) < 4.78 is 65.3. The highest BCUT2D eigenvalue weighted by molar-refractivity contribution is 7.92. The van der Waals surface area contributed by atoms with Crippen LogP contribution in [0.2, 0.25) is 0 Å². The number of alkyl halides is 3. The van der Waals surface area contributed by atoms with Gasteiger partial charge in [0.25, 0.3) is 0 Å². The van der Waals surface area contributed by atoms with E-state index in [1.54, 1.807) is 30.5 Å². The number of pyridine rings is 2. The van der Waals surface area contributed by atoms with Crippen LogP contribution in [0.1, 0.15) is 37.7 Å². The van der Waals surface area contributed by atoms with Crippen molar-refractivity contribution in [3.63, 3.8) is 0 Å². The Bertz CT molecular complexity index is 1460. The van der Waals surface area contributed by atoms with E-state index >= 15 is 0 Å². The molecule has 1 aliphatic carbocycles. The molecule has 1 aliphatic heterocycles. The normalized spacial score (nSPS) is 22.4. The number of halogens is 3. The fraction of sp³-hybridized carbons (Fsp3) is 0.467. The Labute approximate surface area is 244 Å². The van der Waals surface area contributed by atoms with Gasteiger partial charge in [0.2, 0.25) is 0 Å². The molecule has 1 unspecified atom stereocenters. The Morgan fingerprint density at radius 3 is 2.26 bits per heavy atom. The number of hydrogen-bond donors (Lipinski definition) is 2. The molecule has 0 bridgehead atoms. The number of rotatable bonds is 7. The molecule has 3 aromatic rings. The zero-order valence-electron chi connectivity index (χ0n) is 23.6. The number of anilines is 2. The summed E-state index contributed by atoms with van der Waals surface area (Å²) >= 11 is 0. The molecule has 2 aromatic heterocycles. The number of aliphatic hydroxyl groups excluding tert-OH is 1. The molecule has 3 atom stereocenters. The number of nitrogens with zero attached hydrogens (tertiary/aromatic N) is 4.